The first-order valence-electron chi connectivity index (χ1n) is 4.24. The first-order valence-corrected chi connectivity index (χ1v) is 5.03. The van der Waals surface area contributed by atoms with Gasteiger partial charge in [0.05, 0.1) is 7.11 Å². The molecule has 0 aliphatic carbocycles. The number of rotatable bonds is 3. The quantitative estimate of drug-likeness (QED) is 0.855. The summed E-state index contributed by atoms with van der Waals surface area (Å²) in [6.07, 6.45) is -1.13. The molecule has 0 aliphatic rings. The average Bonchev–Trinajstić information content (AvgIpc) is 2.20. The van der Waals surface area contributed by atoms with Crippen molar-refractivity contribution in [3.05, 3.63) is 34.1 Å². The van der Waals surface area contributed by atoms with Crippen molar-refractivity contribution in [3.63, 3.8) is 0 Å². The van der Waals surface area contributed by atoms with Crippen LogP contribution >= 0.6 is 15.9 Å². The molecule has 0 aromatic heterocycles. The first-order chi connectivity index (χ1) is 7.04. The second kappa shape index (κ2) is 5.23. The van der Waals surface area contributed by atoms with Gasteiger partial charge >= 0.3 is 5.97 Å². The number of methoxy groups -OCH3 is 1. The van der Waals surface area contributed by atoms with Crippen LogP contribution in [0.2, 0.25) is 0 Å². The number of carbonyl (C=O) groups is 1. The van der Waals surface area contributed by atoms with Gasteiger partial charge in [0.2, 0.25) is 0 Å². The van der Waals surface area contributed by atoms with Gasteiger partial charge < -0.3 is 9.84 Å². The maximum absolute atomic E-state index is 12.7. The third-order valence-corrected chi connectivity index (χ3v) is 2.64. The highest BCUT2D eigenvalue weighted by Gasteiger charge is 2.17. The zero-order chi connectivity index (χ0) is 11.4. The van der Waals surface area contributed by atoms with E-state index in [1.807, 2.05) is 0 Å². The number of hydrogen-bond acceptors (Lipinski definition) is 3. The van der Waals surface area contributed by atoms with Crippen LogP contribution in [0.15, 0.2) is 22.7 Å². The van der Waals surface area contributed by atoms with Crippen LogP contribution in [0, 0.1) is 5.82 Å². The second-order valence-electron chi connectivity index (χ2n) is 2.98. The molecule has 1 N–H and O–H groups in total. The molecule has 0 aliphatic heterocycles. The van der Waals surface area contributed by atoms with Gasteiger partial charge in [-0.3, -0.25) is 0 Å². The molecule has 0 spiro atoms. The van der Waals surface area contributed by atoms with E-state index in [4.69, 9.17) is 0 Å². The molecule has 0 saturated heterocycles. The highest BCUT2D eigenvalue weighted by molar-refractivity contribution is 9.10. The van der Waals surface area contributed by atoms with Crippen molar-refractivity contribution in [2.75, 3.05) is 7.11 Å². The van der Waals surface area contributed by atoms with E-state index in [-0.39, 0.29) is 12.2 Å². The molecule has 3 nitrogen and oxygen atoms in total. The van der Waals surface area contributed by atoms with Gasteiger partial charge in [-0.05, 0) is 17.7 Å². The lowest BCUT2D eigenvalue weighted by molar-refractivity contribution is -0.150. The van der Waals surface area contributed by atoms with Gasteiger partial charge in [0.25, 0.3) is 0 Å². The van der Waals surface area contributed by atoms with Crippen LogP contribution in [0.5, 0.6) is 0 Å². The zero-order valence-corrected chi connectivity index (χ0v) is 9.62. The molecule has 82 valence electrons. The summed E-state index contributed by atoms with van der Waals surface area (Å²) in [5.41, 5.74) is 0.648. The molecule has 0 saturated carbocycles. The van der Waals surface area contributed by atoms with Gasteiger partial charge in [-0.25, -0.2) is 9.18 Å². The smallest absolute Gasteiger partial charge is 0.335 e. The van der Waals surface area contributed by atoms with Crippen molar-refractivity contribution in [1.82, 2.24) is 0 Å². The van der Waals surface area contributed by atoms with Crippen LogP contribution in [0.25, 0.3) is 0 Å². The topological polar surface area (TPSA) is 46.5 Å². The van der Waals surface area contributed by atoms with E-state index >= 15 is 0 Å². The lowest BCUT2D eigenvalue weighted by Gasteiger charge is -2.09. The predicted molar refractivity (Wildman–Crippen MR) is 55.8 cm³/mol. The van der Waals surface area contributed by atoms with E-state index in [2.05, 4.69) is 20.7 Å². The Balaban J connectivity index is 2.76. The summed E-state index contributed by atoms with van der Waals surface area (Å²) in [6.45, 7) is 0. The molecule has 15 heavy (non-hydrogen) atoms. The number of esters is 1. The molecule has 0 fully saturated rings. The van der Waals surface area contributed by atoms with E-state index in [1.54, 1.807) is 0 Å². The van der Waals surface area contributed by atoms with Crippen molar-refractivity contribution in [2.45, 2.75) is 12.5 Å². The van der Waals surface area contributed by atoms with Crippen LogP contribution < -0.4 is 0 Å². The number of hydrogen-bond donors (Lipinski definition) is 1. The SMILES string of the molecule is COC(=O)C(O)Cc1ccc(F)cc1Br. The van der Waals surface area contributed by atoms with E-state index in [0.717, 1.165) is 0 Å². The molecular formula is C10H10BrFO3. The summed E-state index contributed by atoms with van der Waals surface area (Å²) in [4.78, 5) is 10.9. The lowest BCUT2D eigenvalue weighted by atomic mass is 10.1. The molecule has 1 aromatic rings. The van der Waals surface area contributed by atoms with E-state index in [1.165, 1.54) is 25.3 Å². The molecule has 0 bridgehead atoms. The fraction of sp³-hybridized carbons (Fsp3) is 0.300. The monoisotopic (exact) mass is 276 g/mol. The fourth-order valence-corrected chi connectivity index (χ4v) is 1.63. The van der Waals surface area contributed by atoms with Gasteiger partial charge in [-0.2, -0.15) is 0 Å². The standard InChI is InChI=1S/C10H10BrFO3/c1-15-10(14)9(13)4-6-2-3-7(12)5-8(6)11/h2-3,5,9,13H,4H2,1H3. The third kappa shape index (κ3) is 3.28. The van der Waals surface area contributed by atoms with Gasteiger partial charge in [0.1, 0.15) is 5.82 Å². The predicted octanol–water partition coefficient (Wildman–Crippen LogP) is 1.66. The maximum atomic E-state index is 12.7. The minimum Gasteiger partial charge on any atom is -0.467 e. The molecule has 1 aromatic carbocycles. The Morgan fingerprint density at radius 2 is 2.33 bits per heavy atom. The maximum Gasteiger partial charge on any atom is 0.335 e. The normalized spacial score (nSPS) is 12.3. The molecule has 0 heterocycles. The summed E-state index contributed by atoms with van der Waals surface area (Å²) in [5.74, 6) is -1.08. The van der Waals surface area contributed by atoms with Crippen molar-refractivity contribution >= 4 is 21.9 Å². The Morgan fingerprint density at radius 3 is 2.87 bits per heavy atom. The summed E-state index contributed by atoms with van der Waals surface area (Å²) in [6, 6.07) is 4.05. The van der Waals surface area contributed by atoms with Crippen molar-refractivity contribution in [1.29, 1.82) is 0 Å². The van der Waals surface area contributed by atoms with Gasteiger partial charge in [0.15, 0.2) is 6.10 Å². The van der Waals surface area contributed by atoms with Crippen LogP contribution in [0.1, 0.15) is 5.56 Å². The van der Waals surface area contributed by atoms with Gasteiger partial charge in [0, 0.05) is 10.9 Å². The second-order valence-corrected chi connectivity index (χ2v) is 3.83. The van der Waals surface area contributed by atoms with Gasteiger partial charge in [-0.1, -0.05) is 22.0 Å². The largest absolute Gasteiger partial charge is 0.467 e. The fourth-order valence-electron chi connectivity index (χ4n) is 1.11. The van der Waals surface area contributed by atoms with E-state index in [0.29, 0.717) is 10.0 Å². The van der Waals surface area contributed by atoms with Crippen molar-refractivity contribution in [3.8, 4) is 0 Å². The average molecular weight is 277 g/mol. The van der Waals surface area contributed by atoms with E-state index < -0.39 is 12.1 Å². The number of carbonyl (C=O) groups excluding carboxylic acids is 1. The minimum atomic E-state index is -1.23. The molecule has 1 unspecified atom stereocenters. The van der Waals surface area contributed by atoms with Gasteiger partial charge in [-0.15, -0.1) is 0 Å². The molecule has 0 amide bonds. The summed E-state index contributed by atoms with van der Waals surface area (Å²) >= 11 is 3.14. The lowest BCUT2D eigenvalue weighted by Crippen LogP contribution is -2.24. The third-order valence-electron chi connectivity index (χ3n) is 1.90. The van der Waals surface area contributed by atoms with Crippen LogP contribution in [-0.4, -0.2) is 24.3 Å². The Kier molecular flexibility index (Phi) is 4.23. The molecule has 0 radical (unpaired) electrons. The highest BCUT2D eigenvalue weighted by atomic mass is 79.9. The van der Waals surface area contributed by atoms with Crippen molar-refractivity contribution < 1.29 is 19.0 Å². The molecule has 1 atom stereocenters. The Morgan fingerprint density at radius 1 is 1.67 bits per heavy atom. The van der Waals surface area contributed by atoms with Crippen molar-refractivity contribution in [2.24, 2.45) is 0 Å². The summed E-state index contributed by atoms with van der Waals surface area (Å²) < 4.78 is 17.6. The zero-order valence-electron chi connectivity index (χ0n) is 8.04. The number of ether oxygens (including phenoxy) is 1. The van der Waals surface area contributed by atoms with Crippen LogP contribution in [-0.2, 0) is 16.0 Å². The number of aliphatic hydroxyl groups is 1. The Labute approximate surface area is 95.0 Å². The Hall–Kier alpha value is -0.940. The number of benzene rings is 1. The first kappa shape index (κ1) is 12.1. The molecular weight excluding hydrogens is 267 g/mol. The van der Waals surface area contributed by atoms with Crippen LogP contribution in [0.3, 0.4) is 0 Å². The number of halogens is 2. The highest BCUT2D eigenvalue weighted by Crippen LogP contribution is 2.19. The number of aliphatic hydroxyl groups excluding tert-OH is 1. The van der Waals surface area contributed by atoms with E-state index in [9.17, 15) is 14.3 Å². The summed E-state index contributed by atoms with van der Waals surface area (Å²) in [7, 11) is 1.20. The molecule has 1 rings (SSSR count). The minimum absolute atomic E-state index is 0.0908. The Bertz CT molecular complexity index is 368. The molecule has 5 heteroatoms. The van der Waals surface area contributed by atoms with Crippen LogP contribution in [0.4, 0.5) is 4.39 Å². The summed E-state index contributed by atoms with van der Waals surface area (Å²) in [5, 5.41) is 9.38.